The Morgan fingerprint density at radius 2 is 2.11 bits per heavy atom. The van der Waals surface area contributed by atoms with E-state index in [1.807, 2.05) is 38.1 Å². The maximum absolute atomic E-state index is 12.4. The van der Waals surface area contributed by atoms with Crippen molar-refractivity contribution in [3.05, 3.63) is 45.2 Å². The number of nitriles is 1. The Balaban J connectivity index is 2.08. The van der Waals surface area contributed by atoms with Crippen LogP contribution < -0.4 is 5.56 Å². The zero-order valence-electron chi connectivity index (χ0n) is 15.4. The van der Waals surface area contributed by atoms with Gasteiger partial charge in [-0.05, 0) is 38.0 Å². The highest BCUT2D eigenvalue weighted by atomic mass is 32.1. The van der Waals surface area contributed by atoms with Crippen LogP contribution in [-0.4, -0.2) is 14.7 Å². The summed E-state index contributed by atoms with van der Waals surface area (Å²) in [5, 5.41) is 28.6. The first-order valence-electron chi connectivity index (χ1n) is 8.61. The molecule has 138 valence electrons. The fraction of sp³-hybridized carbons (Fsp3) is 0.316. The number of aromatic hydroxyl groups is 1. The van der Waals surface area contributed by atoms with Gasteiger partial charge < -0.3 is 5.11 Å². The molecule has 1 N–H and O–H groups in total. The van der Waals surface area contributed by atoms with Crippen LogP contribution in [-0.2, 0) is 6.54 Å². The second-order valence-electron chi connectivity index (χ2n) is 6.26. The van der Waals surface area contributed by atoms with Gasteiger partial charge in [-0.2, -0.15) is 5.26 Å². The van der Waals surface area contributed by atoms with E-state index < -0.39 is 5.56 Å². The highest BCUT2D eigenvalue weighted by molar-refractivity contribution is 7.21. The van der Waals surface area contributed by atoms with Crippen LogP contribution >= 0.6 is 11.3 Å². The molecular formula is C19H19N5O2S. The minimum atomic E-state index is -0.504. The molecule has 2 heterocycles. The Morgan fingerprint density at radius 1 is 1.33 bits per heavy atom. The van der Waals surface area contributed by atoms with Crippen molar-refractivity contribution in [3.63, 3.8) is 0 Å². The maximum atomic E-state index is 12.4. The van der Waals surface area contributed by atoms with Crippen LogP contribution in [0.4, 0.5) is 10.8 Å². The first-order valence-corrected chi connectivity index (χ1v) is 9.43. The van der Waals surface area contributed by atoms with Crippen LogP contribution in [0.25, 0.3) is 10.2 Å². The summed E-state index contributed by atoms with van der Waals surface area (Å²) >= 11 is 1.39. The Morgan fingerprint density at radius 3 is 2.81 bits per heavy atom. The Hall–Kier alpha value is -3.05. The molecule has 1 aromatic carbocycles. The molecule has 0 aliphatic heterocycles. The third-order valence-corrected chi connectivity index (χ3v) is 5.17. The zero-order chi connectivity index (χ0) is 19.6. The average Bonchev–Trinajstić information content (AvgIpc) is 3.03. The number of rotatable bonds is 5. The topological polar surface area (TPSA) is 104 Å². The summed E-state index contributed by atoms with van der Waals surface area (Å²) < 4.78 is 2.18. The summed E-state index contributed by atoms with van der Waals surface area (Å²) in [5.41, 5.74) is 1.86. The first-order chi connectivity index (χ1) is 13.0. The van der Waals surface area contributed by atoms with Crippen LogP contribution in [0.15, 0.2) is 33.2 Å². The molecule has 3 aromatic rings. The Labute approximate surface area is 160 Å². The van der Waals surface area contributed by atoms with Gasteiger partial charge in [0.1, 0.15) is 11.6 Å². The fourth-order valence-electron chi connectivity index (χ4n) is 2.74. The van der Waals surface area contributed by atoms with E-state index in [0.29, 0.717) is 23.7 Å². The second kappa shape index (κ2) is 7.68. The molecule has 0 amide bonds. The van der Waals surface area contributed by atoms with Crippen molar-refractivity contribution in [3.8, 4) is 11.9 Å². The fourth-order valence-corrected chi connectivity index (χ4v) is 3.62. The summed E-state index contributed by atoms with van der Waals surface area (Å²) in [6, 6.07) is 7.83. The van der Waals surface area contributed by atoms with E-state index in [-0.39, 0.29) is 17.1 Å². The van der Waals surface area contributed by atoms with Gasteiger partial charge >= 0.3 is 0 Å². The lowest BCUT2D eigenvalue weighted by molar-refractivity contribution is 0.402. The van der Waals surface area contributed by atoms with Gasteiger partial charge in [0.15, 0.2) is 5.69 Å². The summed E-state index contributed by atoms with van der Waals surface area (Å²) in [4.78, 5) is 16.8. The highest BCUT2D eigenvalue weighted by Crippen LogP contribution is 2.34. The van der Waals surface area contributed by atoms with E-state index in [1.54, 1.807) is 6.92 Å². The zero-order valence-corrected chi connectivity index (χ0v) is 16.2. The van der Waals surface area contributed by atoms with Crippen LogP contribution in [0.2, 0.25) is 0 Å². The molecule has 2 aromatic heterocycles. The smallest absolute Gasteiger partial charge is 0.271 e. The third kappa shape index (κ3) is 3.59. The minimum absolute atomic E-state index is 0.0298. The number of hydrogen-bond acceptors (Lipinski definition) is 7. The average molecular weight is 381 g/mol. The van der Waals surface area contributed by atoms with Crippen LogP contribution in [0.3, 0.4) is 0 Å². The molecular weight excluding hydrogens is 362 g/mol. The van der Waals surface area contributed by atoms with Crippen LogP contribution in [0, 0.1) is 25.2 Å². The minimum Gasteiger partial charge on any atom is -0.493 e. The second-order valence-corrected chi connectivity index (χ2v) is 7.27. The van der Waals surface area contributed by atoms with E-state index in [4.69, 9.17) is 0 Å². The number of fused-ring (bicyclic) bond motifs is 1. The number of azo groups is 1. The van der Waals surface area contributed by atoms with Crippen molar-refractivity contribution >= 4 is 32.4 Å². The molecule has 0 saturated carbocycles. The van der Waals surface area contributed by atoms with Gasteiger partial charge in [-0.3, -0.25) is 9.36 Å². The molecule has 3 rings (SSSR count). The van der Waals surface area contributed by atoms with Crippen molar-refractivity contribution in [2.45, 2.75) is 40.2 Å². The van der Waals surface area contributed by atoms with Crippen LogP contribution in [0.1, 0.15) is 36.5 Å². The predicted octanol–water partition coefficient (Wildman–Crippen LogP) is 4.87. The maximum Gasteiger partial charge on any atom is 0.271 e. The van der Waals surface area contributed by atoms with Gasteiger partial charge in [0.25, 0.3) is 5.56 Å². The molecule has 7 nitrogen and oxygen atoms in total. The largest absolute Gasteiger partial charge is 0.493 e. The quantitative estimate of drug-likeness (QED) is 0.637. The molecule has 27 heavy (non-hydrogen) atoms. The van der Waals surface area contributed by atoms with Gasteiger partial charge in [0.05, 0.1) is 10.2 Å². The Bertz CT molecular complexity index is 1140. The summed E-state index contributed by atoms with van der Waals surface area (Å²) in [6.07, 6.45) is 1.55. The molecule has 0 radical (unpaired) electrons. The lowest BCUT2D eigenvalue weighted by atomic mass is 10.1. The molecule has 0 aliphatic carbocycles. The first kappa shape index (κ1) is 18.7. The van der Waals surface area contributed by atoms with Crippen molar-refractivity contribution in [1.82, 2.24) is 9.55 Å². The van der Waals surface area contributed by atoms with E-state index in [1.165, 1.54) is 15.9 Å². The molecule has 0 spiro atoms. The van der Waals surface area contributed by atoms with Crippen molar-refractivity contribution < 1.29 is 5.11 Å². The molecule has 0 fully saturated rings. The normalized spacial score (nSPS) is 11.3. The Kier molecular flexibility index (Phi) is 5.33. The number of nitrogens with zero attached hydrogens (tertiary/aromatic N) is 5. The molecule has 0 atom stereocenters. The van der Waals surface area contributed by atoms with E-state index >= 15 is 0 Å². The molecule has 8 heteroatoms. The lowest BCUT2D eigenvalue weighted by Gasteiger charge is -2.12. The predicted molar refractivity (Wildman–Crippen MR) is 105 cm³/mol. The van der Waals surface area contributed by atoms with Crippen LogP contribution in [0.5, 0.6) is 5.88 Å². The summed E-state index contributed by atoms with van der Waals surface area (Å²) in [5.74, 6) is -0.273. The SMILES string of the molecule is CCCCn1c(O)c(N=Nc2nc3ccc(C)cc3s2)c(C)c(C#N)c1=O. The number of thiazole rings is 1. The lowest BCUT2D eigenvalue weighted by Crippen LogP contribution is -2.23. The van der Waals surface area contributed by atoms with Gasteiger partial charge in [0, 0.05) is 12.1 Å². The monoisotopic (exact) mass is 381 g/mol. The van der Waals surface area contributed by atoms with Gasteiger partial charge in [0.2, 0.25) is 11.0 Å². The number of pyridine rings is 1. The van der Waals surface area contributed by atoms with Gasteiger partial charge in [-0.25, -0.2) is 4.98 Å². The highest BCUT2D eigenvalue weighted by Gasteiger charge is 2.19. The third-order valence-electron chi connectivity index (χ3n) is 4.27. The number of hydrogen-bond donors (Lipinski definition) is 1. The summed E-state index contributed by atoms with van der Waals surface area (Å²) in [7, 11) is 0. The standard InChI is InChI=1S/C19H19N5O2S/c1-4-5-8-24-17(25)13(10-20)12(3)16(18(24)26)22-23-19-21-14-7-6-11(2)9-15(14)27-19/h6-7,9,26H,4-5,8H2,1-3H3. The number of benzene rings is 1. The molecule has 0 saturated heterocycles. The summed E-state index contributed by atoms with van der Waals surface area (Å²) in [6.45, 7) is 5.89. The van der Waals surface area contributed by atoms with Gasteiger partial charge in [-0.15, -0.1) is 10.2 Å². The number of aromatic nitrogens is 2. The van der Waals surface area contributed by atoms with Gasteiger partial charge in [-0.1, -0.05) is 30.7 Å². The van der Waals surface area contributed by atoms with Crippen molar-refractivity contribution in [2.24, 2.45) is 10.2 Å². The molecule has 0 bridgehead atoms. The van der Waals surface area contributed by atoms with E-state index in [9.17, 15) is 15.2 Å². The number of unbranched alkanes of at least 4 members (excludes halogenated alkanes) is 1. The van der Waals surface area contributed by atoms with Crippen molar-refractivity contribution in [1.29, 1.82) is 5.26 Å². The van der Waals surface area contributed by atoms with E-state index in [2.05, 4.69) is 15.2 Å². The van der Waals surface area contributed by atoms with E-state index in [0.717, 1.165) is 22.2 Å². The van der Waals surface area contributed by atoms with Crippen molar-refractivity contribution in [2.75, 3.05) is 0 Å². The molecule has 0 aliphatic rings. The molecule has 0 unspecified atom stereocenters. The number of aryl methyl sites for hydroxylation is 1.